The number of aliphatic imine (C=N–C) groups is 1. The molecule has 0 amide bonds. The summed E-state index contributed by atoms with van der Waals surface area (Å²) < 4.78 is 0. The second-order valence-electron chi connectivity index (χ2n) is 12.6. The van der Waals surface area contributed by atoms with Gasteiger partial charge < -0.3 is 0 Å². The molecule has 0 saturated carbocycles. The van der Waals surface area contributed by atoms with E-state index in [0.29, 0.717) is 0 Å². The first-order chi connectivity index (χ1) is 22.8. The minimum atomic E-state index is 0.274. The normalized spacial score (nSPS) is 14.8. The second kappa shape index (κ2) is 9.86. The van der Waals surface area contributed by atoms with Gasteiger partial charge >= 0.3 is 0 Å². The quantitative estimate of drug-likeness (QED) is 0.180. The molecule has 1 unspecified atom stereocenters. The van der Waals surface area contributed by atoms with Crippen molar-refractivity contribution in [2.45, 2.75) is 12.3 Å². The molecular weight excluding hydrogens is 555 g/mol. The van der Waals surface area contributed by atoms with Crippen molar-refractivity contribution in [1.29, 1.82) is 0 Å². The Morgan fingerprint density at radius 1 is 0.391 bits per heavy atom. The van der Waals surface area contributed by atoms with E-state index < -0.39 is 0 Å². The van der Waals surface area contributed by atoms with Gasteiger partial charge in [-0.15, -0.1) is 0 Å². The first kappa shape index (κ1) is 25.5. The van der Waals surface area contributed by atoms with Gasteiger partial charge in [0, 0.05) is 11.5 Å². The molecule has 0 saturated heterocycles. The van der Waals surface area contributed by atoms with Crippen LogP contribution in [0.25, 0.3) is 65.7 Å². The third-order valence-corrected chi connectivity index (χ3v) is 10.2. The smallest absolute Gasteiger partial charge is 0.0671 e. The molecule has 0 N–H and O–H groups in total. The molecule has 2 aliphatic rings. The lowest BCUT2D eigenvalue weighted by molar-refractivity contribution is 0.855. The van der Waals surface area contributed by atoms with Crippen LogP contribution in [0.15, 0.2) is 163 Å². The molecule has 1 atom stereocenters. The van der Waals surface area contributed by atoms with Gasteiger partial charge in [0.2, 0.25) is 0 Å². The minimum absolute atomic E-state index is 0.274. The third kappa shape index (κ3) is 3.72. The van der Waals surface area contributed by atoms with Crippen molar-refractivity contribution in [3.63, 3.8) is 0 Å². The summed E-state index contributed by atoms with van der Waals surface area (Å²) in [6, 6.07) is 58.0. The highest BCUT2D eigenvalue weighted by Gasteiger charge is 2.33. The van der Waals surface area contributed by atoms with Crippen LogP contribution in [0.3, 0.4) is 0 Å². The fraction of sp³-hybridized carbons (Fsp3) is 0.0444. The Hall–Kier alpha value is -5.79. The molecule has 0 spiro atoms. The van der Waals surface area contributed by atoms with E-state index in [2.05, 4.69) is 158 Å². The van der Waals surface area contributed by atoms with Gasteiger partial charge in [-0.05, 0) is 101 Å². The molecule has 46 heavy (non-hydrogen) atoms. The van der Waals surface area contributed by atoms with Crippen LogP contribution in [0, 0.1) is 0 Å². The van der Waals surface area contributed by atoms with Crippen LogP contribution < -0.4 is 0 Å². The number of hydrogen-bond acceptors (Lipinski definition) is 1. The highest BCUT2D eigenvalue weighted by atomic mass is 14.8. The van der Waals surface area contributed by atoms with Gasteiger partial charge in [-0.1, -0.05) is 140 Å². The van der Waals surface area contributed by atoms with Crippen molar-refractivity contribution in [3.05, 3.63) is 174 Å². The number of hydrogen-bond donors (Lipinski definition) is 0. The summed E-state index contributed by atoms with van der Waals surface area (Å²) >= 11 is 0. The summed E-state index contributed by atoms with van der Waals surface area (Å²) in [7, 11) is 0. The zero-order valence-electron chi connectivity index (χ0n) is 25.2. The van der Waals surface area contributed by atoms with Crippen LogP contribution in [0.5, 0.6) is 0 Å². The summed E-state index contributed by atoms with van der Waals surface area (Å²) in [4.78, 5) is 5.45. The largest absolute Gasteiger partial charge is 0.252 e. The van der Waals surface area contributed by atoms with Crippen LogP contribution in [0.4, 0.5) is 5.69 Å². The van der Waals surface area contributed by atoms with E-state index in [9.17, 15) is 0 Å². The lowest BCUT2D eigenvalue weighted by Gasteiger charge is -2.33. The summed E-state index contributed by atoms with van der Waals surface area (Å²) in [6.45, 7) is 0. The zero-order valence-corrected chi connectivity index (χ0v) is 25.2. The number of benzene rings is 8. The van der Waals surface area contributed by atoms with Crippen molar-refractivity contribution in [2.75, 3.05) is 0 Å². The summed E-state index contributed by atoms with van der Waals surface area (Å²) in [5.41, 5.74) is 13.9. The van der Waals surface area contributed by atoms with E-state index >= 15 is 0 Å². The Balaban J connectivity index is 1.20. The SMILES string of the molecule is c1ccc(-c2cc3c4ccccc4c(-c4ccc5c(c4)N=C4c6ccccc6-c6ccccc6C4C5)cc3c3ccccc23)cc1. The van der Waals surface area contributed by atoms with E-state index in [1.165, 1.54) is 88.1 Å². The molecule has 1 aliphatic heterocycles. The van der Waals surface area contributed by atoms with Crippen molar-refractivity contribution >= 4 is 43.7 Å². The Kier molecular flexibility index (Phi) is 5.47. The maximum absolute atomic E-state index is 5.45. The molecule has 0 bridgehead atoms. The van der Waals surface area contributed by atoms with E-state index in [1.807, 2.05) is 0 Å². The van der Waals surface area contributed by atoms with Crippen LogP contribution >= 0.6 is 0 Å². The number of fused-ring (bicyclic) bond motifs is 12. The molecular formula is C45H29N. The van der Waals surface area contributed by atoms with E-state index in [-0.39, 0.29) is 5.92 Å². The van der Waals surface area contributed by atoms with Gasteiger partial charge in [0.25, 0.3) is 0 Å². The molecule has 1 aliphatic carbocycles. The molecule has 0 aromatic heterocycles. The van der Waals surface area contributed by atoms with E-state index in [0.717, 1.165) is 12.1 Å². The highest BCUT2D eigenvalue weighted by molar-refractivity contribution is 6.24. The summed E-state index contributed by atoms with van der Waals surface area (Å²) in [6.07, 6.45) is 0.963. The van der Waals surface area contributed by atoms with Gasteiger partial charge in [0.1, 0.15) is 0 Å². The minimum Gasteiger partial charge on any atom is -0.252 e. The third-order valence-electron chi connectivity index (χ3n) is 10.2. The Morgan fingerprint density at radius 3 is 1.67 bits per heavy atom. The maximum Gasteiger partial charge on any atom is 0.0671 e. The molecule has 1 heteroatoms. The zero-order chi connectivity index (χ0) is 30.2. The van der Waals surface area contributed by atoms with Crippen LogP contribution in [0.1, 0.15) is 22.6 Å². The van der Waals surface area contributed by atoms with Crippen molar-refractivity contribution in [3.8, 4) is 33.4 Å². The number of nitrogens with zero attached hydrogens (tertiary/aromatic N) is 1. The molecule has 8 aromatic carbocycles. The Bertz CT molecular complexity index is 2550. The first-order valence-electron chi connectivity index (χ1n) is 16.1. The highest BCUT2D eigenvalue weighted by Crippen LogP contribution is 2.47. The van der Waals surface area contributed by atoms with Crippen LogP contribution in [-0.4, -0.2) is 5.71 Å². The van der Waals surface area contributed by atoms with Gasteiger partial charge in [-0.25, -0.2) is 0 Å². The topological polar surface area (TPSA) is 12.4 Å². The molecule has 10 rings (SSSR count). The van der Waals surface area contributed by atoms with Gasteiger partial charge in [0.15, 0.2) is 0 Å². The van der Waals surface area contributed by atoms with Crippen LogP contribution in [0.2, 0.25) is 0 Å². The molecule has 0 radical (unpaired) electrons. The van der Waals surface area contributed by atoms with E-state index in [1.54, 1.807) is 0 Å². The average Bonchev–Trinajstić information content (AvgIpc) is 3.13. The molecule has 214 valence electrons. The van der Waals surface area contributed by atoms with Crippen LogP contribution in [-0.2, 0) is 6.42 Å². The average molecular weight is 584 g/mol. The maximum atomic E-state index is 5.45. The lowest BCUT2D eigenvalue weighted by Crippen LogP contribution is -2.24. The van der Waals surface area contributed by atoms with Crippen molar-refractivity contribution in [1.82, 2.24) is 0 Å². The van der Waals surface area contributed by atoms with E-state index in [4.69, 9.17) is 4.99 Å². The van der Waals surface area contributed by atoms with Crippen molar-refractivity contribution in [2.24, 2.45) is 4.99 Å². The monoisotopic (exact) mass is 583 g/mol. The predicted octanol–water partition coefficient (Wildman–Crippen LogP) is 11.9. The fourth-order valence-corrected chi connectivity index (χ4v) is 8.07. The fourth-order valence-electron chi connectivity index (χ4n) is 8.07. The molecule has 1 heterocycles. The van der Waals surface area contributed by atoms with Gasteiger partial charge in [-0.3, -0.25) is 4.99 Å². The number of rotatable bonds is 2. The first-order valence-corrected chi connectivity index (χ1v) is 16.1. The van der Waals surface area contributed by atoms with Gasteiger partial charge in [-0.2, -0.15) is 0 Å². The Labute approximate surface area is 268 Å². The van der Waals surface area contributed by atoms with Gasteiger partial charge in [0.05, 0.1) is 11.4 Å². The second-order valence-corrected chi connectivity index (χ2v) is 12.6. The Morgan fingerprint density at radius 2 is 0.957 bits per heavy atom. The van der Waals surface area contributed by atoms with Crippen molar-refractivity contribution < 1.29 is 0 Å². The lowest BCUT2D eigenvalue weighted by atomic mass is 9.73. The predicted molar refractivity (Wildman–Crippen MR) is 194 cm³/mol. The summed E-state index contributed by atoms with van der Waals surface area (Å²) in [5.74, 6) is 0.274. The standard InChI is InChI=1S/C45H29N/c1-2-12-28(13-3-1)39-26-41-36-19-8-6-17-34(36)40(27-42(41)35-18-7-5-16-33(35)39)29-22-23-30-24-43-37-20-9-4-14-31(37)32-15-10-11-21-38(32)45(43)46-44(30)25-29/h1-23,25-27,43H,24H2. The molecule has 0 fully saturated rings. The summed E-state index contributed by atoms with van der Waals surface area (Å²) in [5, 5.41) is 7.68. The molecule has 1 nitrogen and oxygen atoms in total. The molecule has 8 aromatic rings.